The molecular formula is C16H15F3N6O2. The fraction of sp³-hybridized carbons (Fsp3) is 0.375. The zero-order valence-corrected chi connectivity index (χ0v) is 13.9. The lowest BCUT2D eigenvalue weighted by molar-refractivity contribution is -0.137. The van der Waals surface area contributed by atoms with Gasteiger partial charge in [-0.25, -0.2) is 15.4 Å². The molecule has 2 aliphatic heterocycles. The number of hydrogen-bond acceptors (Lipinski definition) is 7. The van der Waals surface area contributed by atoms with Crippen LogP contribution in [0.15, 0.2) is 30.9 Å². The third-order valence-corrected chi connectivity index (χ3v) is 4.88. The van der Waals surface area contributed by atoms with Crippen LogP contribution >= 0.6 is 0 Å². The molecule has 1 amide bonds. The quantitative estimate of drug-likeness (QED) is 0.615. The Morgan fingerprint density at radius 1 is 1.11 bits per heavy atom. The van der Waals surface area contributed by atoms with E-state index in [4.69, 9.17) is 5.21 Å². The Morgan fingerprint density at radius 2 is 1.78 bits per heavy atom. The molecule has 0 radical (unpaired) electrons. The first-order valence-electron chi connectivity index (χ1n) is 8.19. The summed E-state index contributed by atoms with van der Waals surface area (Å²) in [5.74, 6) is -0.258. The van der Waals surface area contributed by atoms with Gasteiger partial charge in [-0.2, -0.15) is 13.2 Å². The Kier molecular flexibility index (Phi) is 4.10. The first-order chi connectivity index (χ1) is 12.9. The van der Waals surface area contributed by atoms with Gasteiger partial charge in [-0.3, -0.25) is 15.0 Å². The van der Waals surface area contributed by atoms with Crippen molar-refractivity contribution >= 4 is 17.5 Å². The number of carbonyl (C=O) groups excluding carboxylic acids is 1. The van der Waals surface area contributed by atoms with Gasteiger partial charge in [0, 0.05) is 37.7 Å². The highest BCUT2D eigenvalue weighted by molar-refractivity contribution is 5.92. The largest absolute Gasteiger partial charge is 0.417 e. The van der Waals surface area contributed by atoms with Crippen molar-refractivity contribution in [2.24, 2.45) is 0 Å². The molecule has 2 aromatic rings. The van der Waals surface area contributed by atoms with Crippen molar-refractivity contribution in [3.05, 3.63) is 42.0 Å². The average Bonchev–Trinajstić information content (AvgIpc) is 3.28. The number of piperazine rings is 1. The topological polar surface area (TPSA) is 94.5 Å². The molecule has 8 nitrogen and oxygen atoms in total. The minimum Gasteiger partial charge on any atom is -0.363 e. The van der Waals surface area contributed by atoms with Gasteiger partial charge in [0.1, 0.15) is 0 Å². The van der Waals surface area contributed by atoms with Crippen LogP contribution in [0.5, 0.6) is 0 Å². The van der Waals surface area contributed by atoms with Crippen molar-refractivity contribution < 1.29 is 23.2 Å². The highest BCUT2D eigenvalue weighted by Crippen LogP contribution is 2.38. The molecule has 0 aliphatic carbocycles. The fourth-order valence-corrected chi connectivity index (χ4v) is 3.62. The summed E-state index contributed by atoms with van der Waals surface area (Å²) in [4.78, 5) is 27.3. The number of aromatic nitrogens is 3. The number of hydrogen-bond donors (Lipinski definition) is 2. The van der Waals surface area contributed by atoms with E-state index in [1.54, 1.807) is 0 Å². The average molecular weight is 380 g/mol. The van der Waals surface area contributed by atoms with Crippen molar-refractivity contribution in [1.82, 2.24) is 20.4 Å². The van der Waals surface area contributed by atoms with Crippen LogP contribution in [0, 0.1) is 0 Å². The van der Waals surface area contributed by atoms with E-state index in [2.05, 4.69) is 15.0 Å². The summed E-state index contributed by atoms with van der Waals surface area (Å²) in [7, 11) is 0. The molecule has 11 heteroatoms. The number of fused-ring (bicyclic) bond motifs is 2. The number of halogens is 3. The second-order valence-corrected chi connectivity index (χ2v) is 6.49. The van der Waals surface area contributed by atoms with Crippen molar-refractivity contribution in [3.8, 4) is 0 Å². The molecule has 0 saturated carbocycles. The predicted octanol–water partition coefficient (Wildman–Crippen LogP) is 1.48. The highest BCUT2D eigenvalue weighted by Gasteiger charge is 2.45. The first-order valence-corrected chi connectivity index (χ1v) is 8.19. The van der Waals surface area contributed by atoms with E-state index >= 15 is 0 Å². The maximum absolute atomic E-state index is 12.9. The van der Waals surface area contributed by atoms with E-state index in [-0.39, 0.29) is 17.6 Å². The van der Waals surface area contributed by atoms with Crippen LogP contribution < -0.4 is 15.3 Å². The first kappa shape index (κ1) is 17.5. The molecular weight excluding hydrogens is 365 g/mol. The molecule has 0 aromatic carbocycles. The van der Waals surface area contributed by atoms with Gasteiger partial charge < -0.3 is 9.80 Å². The third-order valence-electron chi connectivity index (χ3n) is 4.88. The second-order valence-electron chi connectivity index (χ2n) is 6.49. The summed E-state index contributed by atoms with van der Waals surface area (Å²) in [6, 6.07) is 1.21. The number of nitrogens with zero attached hydrogens (tertiary/aromatic N) is 5. The molecule has 2 bridgehead atoms. The number of amides is 1. The molecule has 2 fully saturated rings. The van der Waals surface area contributed by atoms with Crippen LogP contribution in [0.25, 0.3) is 0 Å². The van der Waals surface area contributed by atoms with Gasteiger partial charge in [0.25, 0.3) is 5.91 Å². The van der Waals surface area contributed by atoms with Gasteiger partial charge in [-0.15, -0.1) is 0 Å². The number of alkyl halides is 3. The van der Waals surface area contributed by atoms with Crippen molar-refractivity contribution in [2.45, 2.75) is 24.7 Å². The third kappa shape index (κ3) is 3.14. The van der Waals surface area contributed by atoms with Crippen molar-refractivity contribution in [3.63, 3.8) is 0 Å². The van der Waals surface area contributed by atoms with E-state index in [1.165, 1.54) is 24.1 Å². The summed E-state index contributed by atoms with van der Waals surface area (Å²) in [6.45, 7) is 1.10. The van der Waals surface area contributed by atoms with Crippen LogP contribution in [0.1, 0.15) is 22.3 Å². The SMILES string of the molecule is O=C(NO)c1cnc(N2C[C@H]3C[C@@H]2CN3c2cncc(C(F)(F)F)c2)nc1. The number of pyridine rings is 1. The number of rotatable bonds is 3. The number of anilines is 2. The lowest BCUT2D eigenvalue weighted by Crippen LogP contribution is -2.47. The van der Waals surface area contributed by atoms with Crippen LogP contribution in [-0.4, -0.2) is 51.2 Å². The standard InChI is InChI=1S/C16H15F3N6O2/c17-16(18,19)10-1-11(6-20-5-10)24-7-13-2-12(24)8-25(13)15-21-3-9(4-22-15)14(26)23-27/h1,3-6,12-13,27H,2,7-8H2,(H,23,26)/t12-,13-/m1/s1. The molecule has 4 heterocycles. The second kappa shape index (κ2) is 6.34. The lowest BCUT2D eigenvalue weighted by atomic mass is 10.2. The smallest absolute Gasteiger partial charge is 0.363 e. The normalized spacial score (nSPS) is 21.6. The maximum atomic E-state index is 12.9. The fourth-order valence-electron chi connectivity index (χ4n) is 3.62. The van der Waals surface area contributed by atoms with Gasteiger partial charge in [0.05, 0.1) is 29.1 Å². The Hall–Kier alpha value is -2.95. The predicted molar refractivity (Wildman–Crippen MR) is 87.4 cm³/mol. The lowest BCUT2D eigenvalue weighted by Gasteiger charge is -2.35. The summed E-state index contributed by atoms with van der Waals surface area (Å²) >= 11 is 0. The number of nitrogens with one attached hydrogen (secondary N) is 1. The summed E-state index contributed by atoms with van der Waals surface area (Å²) < 4.78 is 38.7. The molecule has 2 atom stereocenters. The summed E-state index contributed by atoms with van der Waals surface area (Å²) in [5.41, 5.74) is 1.33. The van der Waals surface area contributed by atoms with Crippen LogP contribution in [0.4, 0.5) is 24.8 Å². The molecule has 0 spiro atoms. The Balaban J connectivity index is 1.49. The monoisotopic (exact) mass is 380 g/mol. The van der Waals surface area contributed by atoms with Crippen LogP contribution in [-0.2, 0) is 6.18 Å². The summed E-state index contributed by atoms with van der Waals surface area (Å²) in [6.07, 6.45) is 1.24. The Labute approximate surface area is 151 Å². The van der Waals surface area contributed by atoms with Crippen molar-refractivity contribution in [2.75, 3.05) is 22.9 Å². The van der Waals surface area contributed by atoms with Gasteiger partial charge in [0.15, 0.2) is 0 Å². The number of carbonyl (C=O) groups is 1. The molecule has 2 aliphatic rings. The van der Waals surface area contributed by atoms with E-state index in [1.807, 2.05) is 9.80 Å². The molecule has 2 N–H and O–H groups in total. The van der Waals surface area contributed by atoms with Gasteiger partial charge in [0.2, 0.25) is 5.95 Å². The van der Waals surface area contributed by atoms with Crippen LogP contribution in [0.2, 0.25) is 0 Å². The summed E-state index contributed by atoms with van der Waals surface area (Å²) in [5, 5.41) is 8.62. The molecule has 142 valence electrons. The Morgan fingerprint density at radius 3 is 2.37 bits per heavy atom. The number of hydroxylamine groups is 1. The van der Waals surface area contributed by atoms with E-state index in [9.17, 15) is 18.0 Å². The minimum atomic E-state index is -4.43. The minimum absolute atomic E-state index is 0.0318. The van der Waals surface area contributed by atoms with Gasteiger partial charge in [-0.05, 0) is 12.5 Å². The van der Waals surface area contributed by atoms with E-state index in [0.717, 1.165) is 18.7 Å². The molecule has 4 rings (SSSR count). The Bertz CT molecular complexity index is 860. The molecule has 27 heavy (non-hydrogen) atoms. The van der Waals surface area contributed by atoms with Crippen LogP contribution in [0.3, 0.4) is 0 Å². The van der Waals surface area contributed by atoms with E-state index < -0.39 is 17.6 Å². The maximum Gasteiger partial charge on any atom is 0.417 e. The molecule has 0 unspecified atom stereocenters. The zero-order chi connectivity index (χ0) is 19.2. The highest BCUT2D eigenvalue weighted by atomic mass is 19.4. The van der Waals surface area contributed by atoms with Crippen molar-refractivity contribution in [1.29, 1.82) is 0 Å². The van der Waals surface area contributed by atoms with Gasteiger partial charge in [-0.1, -0.05) is 0 Å². The molecule has 2 aromatic heterocycles. The van der Waals surface area contributed by atoms with Gasteiger partial charge >= 0.3 is 6.18 Å². The van der Waals surface area contributed by atoms with E-state index in [0.29, 0.717) is 24.7 Å². The zero-order valence-electron chi connectivity index (χ0n) is 13.9. The molecule has 2 saturated heterocycles.